The van der Waals surface area contributed by atoms with Crippen LogP contribution in [0.2, 0.25) is 0 Å². The first kappa shape index (κ1) is 13.3. The number of carboxylic acid groups (broad SMARTS) is 1. The maximum absolute atomic E-state index is 12.9. The van der Waals surface area contributed by atoms with Crippen LogP contribution in [0.4, 0.5) is 10.1 Å². The first-order valence-electron chi connectivity index (χ1n) is 5.09. The van der Waals surface area contributed by atoms with Crippen molar-refractivity contribution in [3.63, 3.8) is 0 Å². The molecule has 0 amide bonds. The van der Waals surface area contributed by atoms with E-state index in [1.165, 1.54) is 30.5 Å². The number of rotatable bonds is 3. The van der Waals surface area contributed by atoms with Gasteiger partial charge in [-0.1, -0.05) is 0 Å². The van der Waals surface area contributed by atoms with Gasteiger partial charge >= 0.3 is 5.97 Å². The molecule has 0 bridgehead atoms. The molecule has 0 fully saturated rings. The number of nitrogens with zero attached hydrogens (tertiary/aromatic N) is 1. The Morgan fingerprint density at radius 1 is 1.42 bits per heavy atom. The molecule has 3 N–H and O–H groups in total. The van der Waals surface area contributed by atoms with E-state index in [0.29, 0.717) is 10.2 Å². The average molecular weight is 327 g/mol. The number of halogens is 2. The van der Waals surface area contributed by atoms with Crippen LogP contribution in [0.25, 0.3) is 0 Å². The molecule has 1 heterocycles. The molecule has 2 rings (SSSR count). The quantitative estimate of drug-likeness (QED) is 0.905. The number of aromatic nitrogens is 1. The smallest absolute Gasteiger partial charge is 0.338 e. The van der Waals surface area contributed by atoms with Crippen LogP contribution in [-0.2, 0) is 0 Å². The Hall–Kier alpha value is -2.15. The van der Waals surface area contributed by atoms with E-state index in [-0.39, 0.29) is 17.1 Å². The lowest BCUT2D eigenvalue weighted by molar-refractivity contribution is 0.0697. The molecule has 0 unspecified atom stereocenters. The molecule has 19 heavy (non-hydrogen) atoms. The van der Waals surface area contributed by atoms with Crippen molar-refractivity contribution in [3.8, 4) is 11.6 Å². The molecule has 0 aliphatic carbocycles. The number of carboxylic acids is 1. The van der Waals surface area contributed by atoms with E-state index in [9.17, 15) is 9.18 Å². The lowest BCUT2D eigenvalue weighted by Gasteiger charge is -2.08. The lowest BCUT2D eigenvalue weighted by Crippen LogP contribution is -2.03. The van der Waals surface area contributed by atoms with Crippen molar-refractivity contribution < 1.29 is 19.0 Å². The number of ether oxygens (including phenoxy) is 1. The maximum atomic E-state index is 12.9. The molecule has 0 radical (unpaired) electrons. The number of anilines is 1. The highest BCUT2D eigenvalue weighted by Gasteiger charge is 2.12. The first-order valence-corrected chi connectivity index (χ1v) is 5.88. The summed E-state index contributed by atoms with van der Waals surface area (Å²) in [5.74, 6) is -1.23. The summed E-state index contributed by atoms with van der Waals surface area (Å²) in [6, 6.07) is 5.05. The number of nitrogens with two attached hydrogens (primary N) is 1. The number of carbonyl (C=O) groups is 1. The van der Waals surface area contributed by atoms with Gasteiger partial charge in [0, 0.05) is 6.07 Å². The molecule has 5 nitrogen and oxygen atoms in total. The Labute approximate surface area is 116 Å². The van der Waals surface area contributed by atoms with Crippen LogP contribution in [0.3, 0.4) is 0 Å². The van der Waals surface area contributed by atoms with E-state index in [1.807, 2.05) is 0 Å². The number of benzene rings is 1. The summed E-state index contributed by atoms with van der Waals surface area (Å²) in [4.78, 5) is 14.8. The number of hydrogen-bond acceptors (Lipinski definition) is 4. The molecule has 0 aliphatic rings. The lowest BCUT2D eigenvalue weighted by atomic mass is 10.2. The van der Waals surface area contributed by atoms with Crippen molar-refractivity contribution in [2.24, 2.45) is 0 Å². The largest absolute Gasteiger partial charge is 0.478 e. The number of hydrogen-bond donors (Lipinski definition) is 2. The summed E-state index contributed by atoms with van der Waals surface area (Å²) in [5, 5.41) is 8.92. The van der Waals surface area contributed by atoms with Crippen LogP contribution >= 0.6 is 15.9 Å². The standard InChI is InChI=1S/C12H8BrFN2O3/c13-8-3-6(14)1-2-10(8)19-11-4-7(12(17)18)9(15)5-16-11/h1-5H,15H2,(H,17,18). The van der Waals surface area contributed by atoms with Crippen LogP contribution in [0.5, 0.6) is 11.6 Å². The first-order chi connectivity index (χ1) is 8.97. The molecule has 1 aromatic heterocycles. The van der Waals surface area contributed by atoms with E-state index in [2.05, 4.69) is 20.9 Å². The van der Waals surface area contributed by atoms with E-state index in [4.69, 9.17) is 15.6 Å². The second kappa shape index (κ2) is 5.23. The van der Waals surface area contributed by atoms with Gasteiger partial charge in [0.05, 0.1) is 21.9 Å². The van der Waals surface area contributed by atoms with Crippen LogP contribution < -0.4 is 10.5 Å². The fourth-order valence-corrected chi connectivity index (χ4v) is 1.79. The van der Waals surface area contributed by atoms with E-state index in [0.717, 1.165) is 0 Å². The van der Waals surface area contributed by atoms with Gasteiger partial charge in [0.15, 0.2) is 0 Å². The van der Waals surface area contributed by atoms with E-state index in [1.54, 1.807) is 0 Å². The fraction of sp³-hybridized carbons (Fsp3) is 0. The second-order valence-corrected chi connectivity index (χ2v) is 4.45. The minimum Gasteiger partial charge on any atom is -0.478 e. The minimum absolute atomic E-state index is 0.0398. The molecule has 98 valence electrons. The summed E-state index contributed by atoms with van der Waals surface area (Å²) >= 11 is 3.13. The zero-order valence-electron chi connectivity index (χ0n) is 9.43. The van der Waals surface area contributed by atoms with Gasteiger partial charge in [0.25, 0.3) is 0 Å². The van der Waals surface area contributed by atoms with Crippen molar-refractivity contribution in [1.82, 2.24) is 4.98 Å². The highest BCUT2D eigenvalue weighted by Crippen LogP contribution is 2.30. The van der Waals surface area contributed by atoms with Crippen molar-refractivity contribution in [1.29, 1.82) is 0 Å². The second-order valence-electron chi connectivity index (χ2n) is 3.59. The van der Waals surface area contributed by atoms with Gasteiger partial charge in [-0.15, -0.1) is 0 Å². The van der Waals surface area contributed by atoms with Gasteiger partial charge < -0.3 is 15.6 Å². The summed E-state index contributed by atoms with van der Waals surface area (Å²) in [6.07, 6.45) is 1.19. The Balaban J connectivity index is 2.33. The predicted octanol–water partition coefficient (Wildman–Crippen LogP) is 3.06. The monoisotopic (exact) mass is 326 g/mol. The minimum atomic E-state index is -1.18. The summed E-state index contributed by atoms with van der Waals surface area (Å²) in [6.45, 7) is 0. The van der Waals surface area contributed by atoms with Crippen LogP contribution in [0.15, 0.2) is 34.9 Å². The number of aromatic carboxylic acids is 1. The topological polar surface area (TPSA) is 85.4 Å². The third kappa shape index (κ3) is 3.00. The molecule has 1 aromatic carbocycles. The maximum Gasteiger partial charge on any atom is 0.338 e. The van der Waals surface area contributed by atoms with Crippen LogP contribution in [-0.4, -0.2) is 16.1 Å². The van der Waals surface area contributed by atoms with Crippen LogP contribution in [0.1, 0.15) is 10.4 Å². The van der Waals surface area contributed by atoms with Crippen molar-refractivity contribution >= 4 is 27.6 Å². The molecular formula is C12H8BrFN2O3. The summed E-state index contributed by atoms with van der Waals surface area (Å²) in [5.41, 5.74) is 5.41. The van der Waals surface area contributed by atoms with Gasteiger partial charge in [-0.3, -0.25) is 0 Å². The summed E-state index contributed by atoms with van der Waals surface area (Å²) in [7, 11) is 0. The molecule has 0 spiro atoms. The van der Waals surface area contributed by atoms with E-state index < -0.39 is 11.8 Å². The summed E-state index contributed by atoms with van der Waals surface area (Å²) < 4.78 is 18.7. The molecule has 0 saturated heterocycles. The normalized spacial score (nSPS) is 10.2. The third-order valence-electron chi connectivity index (χ3n) is 2.25. The SMILES string of the molecule is Nc1cnc(Oc2ccc(F)cc2Br)cc1C(=O)O. The highest BCUT2D eigenvalue weighted by molar-refractivity contribution is 9.10. The highest BCUT2D eigenvalue weighted by atomic mass is 79.9. The molecule has 0 aliphatic heterocycles. The average Bonchev–Trinajstić information content (AvgIpc) is 2.34. The Morgan fingerprint density at radius 2 is 2.16 bits per heavy atom. The molecule has 7 heteroatoms. The number of pyridine rings is 1. The Morgan fingerprint density at radius 3 is 2.79 bits per heavy atom. The zero-order valence-corrected chi connectivity index (χ0v) is 11.0. The van der Waals surface area contributed by atoms with E-state index >= 15 is 0 Å². The van der Waals surface area contributed by atoms with Gasteiger partial charge in [-0.25, -0.2) is 14.2 Å². The van der Waals surface area contributed by atoms with Gasteiger partial charge in [-0.05, 0) is 34.1 Å². The molecule has 2 aromatic rings. The molecule has 0 saturated carbocycles. The van der Waals surface area contributed by atoms with Gasteiger partial charge in [-0.2, -0.15) is 0 Å². The fourth-order valence-electron chi connectivity index (χ4n) is 1.36. The van der Waals surface area contributed by atoms with Crippen molar-refractivity contribution in [2.75, 3.05) is 5.73 Å². The van der Waals surface area contributed by atoms with Gasteiger partial charge in [0.1, 0.15) is 11.6 Å². The van der Waals surface area contributed by atoms with Gasteiger partial charge in [0.2, 0.25) is 5.88 Å². The van der Waals surface area contributed by atoms with Crippen molar-refractivity contribution in [2.45, 2.75) is 0 Å². The predicted molar refractivity (Wildman–Crippen MR) is 69.8 cm³/mol. The Kier molecular flexibility index (Phi) is 3.66. The zero-order chi connectivity index (χ0) is 14.0. The van der Waals surface area contributed by atoms with Crippen molar-refractivity contribution in [3.05, 3.63) is 46.3 Å². The third-order valence-corrected chi connectivity index (χ3v) is 2.87. The number of nitrogen functional groups attached to an aromatic ring is 1. The molecular weight excluding hydrogens is 319 g/mol. The van der Waals surface area contributed by atoms with Crippen LogP contribution in [0, 0.1) is 5.82 Å². The molecule has 0 atom stereocenters. The Bertz CT molecular complexity index is 649.